The van der Waals surface area contributed by atoms with E-state index in [0.29, 0.717) is 30.4 Å². The molecule has 0 saturated carbocycles. The van der Waals surface area contributed by atoms with Gasteiger partial charge in [0.2, 0.25) is 5.95 Å². The lowest BCUT2D eigenvalue weighted by molar-refractivity contribution is -0.126. The molecule has 10 heteroatoms. The number of hydrazine groups is 1. The van der Waals surface area contributed by atoms with E-state index in [4.69, 9.17) is 15.0 Å². The Labute approximate surface area is 203 Å². The average Bonchev–Trinajstić information content (AvgIpc) is 2.92. The highest BCUT2D eigenvalue weighted by Crippen LogP contribution is 2.27. The highest BCUT2D eigenvalue weighted by atomic mass is 16.5. The third kappa shape index (κ3) is 5.78. The van der Waals surface area contributed by atoms with Crippen LogP contribution in [0, 0.1) is 11.5 Å². The van der Waals surface area contributed by atoms with Crippen LogP contribution in [0.2, 0.25) is 0 Å². The molecule has 2 amide bonds. The third-order valence-electron chi connectivity index (χ3n) is 5.47. The van der Waals surface area contributed by atoms with Crippen molar-refractivity contribution in [2.45, 2.75) is 0 Å². The monoisotopic (exact) mass is 471 g/mol. The molecule has 10 nitrogen and oxygen atoms in total. The summed E-state index contributed by atoms with van der Waals surface area (Å²) in [5, 5.41) is 15.4. The van der Waals surface area contributed by atoms with Gasteiger partial charge < -0.3 is 10.1 Å². The molecule has 0 radical (unpaired) electrons. The number of nitrogens with zero attached hydrogens (tertiary/aromatic N) is 6. The molecule has 1 aliphatic rings. The zero-order chi connectivity index (χ0) is 24.6. The molecule has 2 aromatic carbocycles. The number of rotatable bonds is 7. The standard InChI is InChI=1S/C25H25N7O3/c1-30(18-26)23(33)17-28-24(34)20-9-7-19(8-10-20)22-11-12-27-25(29-22)32(21-5-3-2-4-6-21)31-13-15-35-16-14-31/h2-12H,13-17H2,1H3,(H,28,34). The molecule has 178 valence electrons. The Kier molecular flexibility index (Phi) is 7.62. The van der Waals surface area contributed by atoms with Gasteiger partial charge in [-0.25, -0.2) is 20.0 Å². The molecule has 35 heavy (non-hydrogen) atoms. The van der Waals surface area contributed by atoms with E-state index in [1.54, 1.807) is 36.7 Å². The summed E-state index contributed by atoms with van der Waals surface area (Å²) < 4.78 is 5.52. The number of amides is 2. The highest BCUT2D eigenvalue weighted by Gasteiger charge is 2.23. The topological polar surface area (TPSA) is 115 Å². The van der Waals surface area contributed by atoms with Gasteiger partial charge in [-0.3, -0.25) is 14.5 Å². The molecule has 0 aliphatic carbocycles. The molecular weight excluding hydrogens is 446 g/mol. The SMILES string of the molecule is CN(C#N)C(=O)CNC(=O)c1ccc(-c2ccnc(N(c3ccccc3)N3CCOCC3)n2)cc1. The summed E-state index contributed by atoms with van der Waals surface area (Å²) >= 11 is 0. The van der Waals surface area contributed by atoms with Gasteiger partial charge in [-0.2, -0.15) is 5.26 Å². The number of ether oxygens (including phenoxy) is 1. The Balaban J connectivity index is 1.53. The van der Waals surface area contributed by atoms with E-state index < -0.39 is 11.8 Å². The number of morpholine rings is 1. The van der Waals surface area contributed by atoms with Crippen LogP contribution in [-0.2, 0) is 9.53 Å². The molecule has 1 aromatic heterocycles. The van der Waals surface area contributed by atoms with Gasteiger partial charge in [-0.05, 0) is 30.3 Å². The number of likely N-dealkylation sites (N-methyl/N-ethyl adjacent to an activating group) is 1. The van der Waals surface area contributed by atoms with E-state index in [1.165, 1.54) is 7.05 Å². The number of carbonyl (C=O) groups is 2. The fraction of sp³-hybridized carbons (Fsp3) is 0.240. The van der Waals surface area contributed by atoms with Crippen LogP contribution in [-0.4, -0.2) is 71.6 Å². The second kappa shape index (κ2) is 11.2. The Morgan fingerprint density at radius 3 is 2.49 bits per heavy atom. The lowest BCUT2D eigenvalue weighted by Gasteiger charge is -2.37. The van der Waals surface area contributed by atoms with Crippen molar-refractivity contribution in [3.8, 4) is 17.5 Å². The molecule has 4 rings (SSSR count). The van der Waals surface area contributed by atoms with Crippen LogP contribution in [0.3, 0.4) is 0 Å². The van der Waals surface area contributed by atoms with E-state index in [1.807, 2.05) is 41.4 Å². The van der Waals surface area contributed by atoms with Crippen LogP contribution in [0.4, 0.5) is 11.6 Å². The van der Waals surface area contributed by atoms with E-state index in [9.17, 15) is 9.59 Å². The second-order valence-electron chi connectivity index (χ2n) is 7.77. The second-order valence-corrected chi connectivity index (χ2v) is 7.77. The van der Waals surface area contributed by atoms with Crippen molar-refractivity contribution >= 4 is 23.5 Å². The lowest BCUT2D eigenvalue weighted by Crippen LogP contribution is -2.47. The summed E-state index contributed by atoms with van der Waals surface area (Å²) in [7, 11) is 1.34. The number of benzene rings is 2. The Bertz CT molecular complexity index is 1210. The quantitative estimate of drug-likeness (QED) is 0.412. The van der Waals surface area contributed by atoms with Crippen molar-refractivity contribution in [3.05, 3.63) is 72.4 Å². The first kappa shape index (κ1) is 23.8. The molecular formula is C25H25N7O3. The molecule has 0 atom stereocenters. The molecule has 1 saturated heterocycles. The lowest BCUT2D eigenvalue weighted by atomic mass is 10.1. The fourth-order valence-corrected chi connectivity index (χ4v) is 3.56. The fourth-order valence-electron chi connectivity index (χ4n) is 3.56. The molecule has 0 spiro atoms. The minimum absolute atomic E-state index is 0.253. The number of para-hydroxylation sites is 1. The van der Waals surface area contributed by atoms with Gasteiger partial charge in [0, 0.05) is 37.5 Å². The number of hydrogen-bond acceptors (Lipinski definition) is 8. The van der Waals surface area contributed by atoms with Gasteiger partial charge in [0.25, 0.3) is 11.8 Å². The summed E-state index contributed by atoms with van der Waals surface area (Å²) in [4.78, 5) is 34.3. The average molecular weight is 472 g/mol. The van der Waals surface area contributed by atoms with Crippen LogP contribution in [0.15, 0.2) is 66.9 Å². The molecule has 1 aliphatic heterocycles. The predicted octanol–water partition coefficient (Wildman–Crippen LogP) is 2.20. The first-order valence-electron chi connectivity index (χ1n) is 11.1. The van der Waals surface area contributed by atoms with Crippen molar-refractivity contribution in [1.29, 1.82) is 5.26 Å². The smallest absolute Gasteiger partial charge is 0.254 e. The van der Waals surface area contributed by atoms with Crippen LogP contribution in [0.1, 0.15) is 10.4 Å². The molecule has 1 N–H and O–H groups in total. The van der Waals surface area contributed by atoms with Gasteiger partial charge in [0.1, 0.15) is 0 Å². The zero-order valence-electron chi connectivity index (χ0n) is 19.3. The van der Waals surface area contributed by atoms with Crippen LogP contribution in [0.25, 0.3) is 11.3 Å². The van der Waals surface area contributed by atoms with Crippen molar-refractivity contribution in [1.82, 2.24) is 25.2 Å². The summed E-state index contributed by atoms with van der Waals surface area (Å²) in [5.41, 5.74) is 2.88. The van der Waals surface area contributed by atoms with E-state index in [-0.39, 0.29) is 6.54 Å². The predicted molar refractivity (Wildman–Crippen MR) is 129 cm³/mol. The summed E-state index contributed by atoms with van der Waals surface area (Å²) in [5.74, 6) is -0.353. The number of hydrogen-bond donors (Lipinski definition) is 1. The normalized spacial score (nSPS) is 13.5. The van der Waals surface area contributed by atoms with Gasteiger partial charge >= 0.3 is 0 Å². The van der Waals surface area contributed by atoms with Gasteiger partial charge in [0.05, 0.1) is 31.1 Å². The minimum atomic E-state index is -0.491. The van der Waals surface area contributed by atoms with Gasteiger partial charge in [-0.1, -0.05) is 30.3 Å². The van der Waals surface area contributed by atoms with E-state index in [2.05, 4.69) is 15.3 Å². The molecule has 3 aromatic rings. The molecule has 1 fully saturated rings. The number of carbonyl (C=O) groups excluding carboxylic acids is 2. The molecule has 0 unspecified atom stereocenters. The summed E-state index contributed by atoms with van der Waals surface area (Å²) in [6, 6.07) is 18.7. The van der Waals surface area contributed by atoms with Crippen LogP contribution in [0.5, 0.6) is 0 Å². The number of nitrogens with one attached hydrogen (secondary N) is 1. The summed E-state index contributed by atoms with van der Waals surface area (Å²) in [6.45, 7) is 2.45. The van der Waals surface area contributed by atoms with Crippen LogP contribution < -0.4 is 10.3 Å². The largest absolute Gasteiger partial charge is 0.379 e. The Hall–Kier alpha value is -4.33. The molecule has 0 bridgehead atoms. The van der Waals surface area contributed by atoms with Crippen molar-refractivity contribution in [2.75, 3.05) is 44.9 Å². The van der Waals surface area contributed by atoms with Crippen molar-refractivity contribution < 1.29 is 14.3 Å². The first-order valence-corrected chi connectivity index (χ1v) is 11.1. The van der Waals surface area contributed by atoms with Crippen molar-refractivity contribution in [3.63, 3.8) is 0 Å². The Morgan fingerprint density at radius 1 is 1.09 bits per heavy atom. The number of anilines is 2. The zero-order valence-corrected chi connectivity index (χ0v) is 19.3. The van der Waals surface area contributed by atoms with Gasteiger partial charge in [-0.15, -0.1) is 0 Å². The van der Waals surface area contributed by atoms with E-state index in [0.717, 1.165) is 29.2 Å². The minimum Gasteiger partial charge on any atom is -0.379 e. The highest BCUT2D eigenvalue weighted by molar-refractivity contribution is 5.96. The Morgan fingerprint density at radius 2 is 1.80 bits per heavy atom. The van der Waals surface area contributed by atoms with E-state index >= 15 is 0 Å². The number of nitriles is 1. The maximum atomic E-state index is 12.4. The van der Waals surface area contributed by atoms with Crippen molar-refractivity contribution in [2.24, 2.45) is 0 Å². The summed E-state index contributed by atoms with van der Waals surface area (Å²) in [6.07, 6.45) is 3.42. The van der Waals surface area contributed by atoms with Crippen LogP contribution >= 0.6 is 0 Å². The first-order chi connectivity index (χ1) is 17.1. The van der Waals surface area contributed by atoms with Gasteiger partial charge in [0.15, 0.2) is 6.19 Å². The number of aromatic nitrogens is 2. The maximum absolute atomic E-state index is 12.4. The third-order valence-corrected chi connectivity index (χ3v) is 5.47. The maximum Gasteiger partial charge on any atom is 0.254 e. The molecule has 2 heterocycles.